The molecule has 6 heteroatoms. The number of pyridine rings is 1. The Morgan fingerprint density at radius 2 is 2.25 bits per heavy atom. The van der Waals surface area contributed by atoms with Gasteiger partial charge in [-0.2, -0.15) is 0 Å². The van der Waals surface area contributed by atoms with Crippen LogP contribution in [-0.4, -0.2) is 36.7 Å². The predicted molar refractivity (Wildman–Crippen MR) is 89.4 cm³/mol. The predicted octanol–water partition coefficient (Wildman–Crippen LogP) is 2.34. The third-order valence-electron chi connectivity index (χ3n) is 4.67. The molecule has 0 aromatic carbocycles. The lowest BCUT2D eigenvalue weighted by Crippen LogP contribution is -2.32. The number of aryl methyl sites for hydroxylation is 1. The molecule has 1 atom stereocenters. The number of nitrogens with zero attached hydrogens (tertiary/aromatic N) is 5. The summed E-state index contributed by atoms with van der Waals surface area (Å²) in [7, 11) is 0. The summed E-state index contributed by atoms with van der Waals surface area (Å²) < 4.78 is 2.00. The van der Waals surface area contributed by atoms with Gasteiger partial charge >= 0.3 is 0 Å². The van der Waals surface area contributed by atoms with E-state index >= 15 is 0 Å². The molecule has 122 valence electrons. The summed E-state index contributed by atoms with van der Waals surface area (Å²) in [4.78, 5) is 27.7. The van der Waals surface area contributed by atoms with E-state index in [2.05, 4.69) is 15.0 Å². The number of carbonyl (C=O) groups excluding carboxylic acids is 1. The Morgan fingerprint density at radius 1 is 1.33 bits per heavy atom. The molecular weight excluding hydrogens is 302 g/mol. The van der Waals surface area contributed by atoms with Gasteiger partial charge in [0.2, 0.25) is 5.91 Å². The number of hydrogen-bond donors (Lipinski definition) is 0. The van der Waals surface area contributed by atoms with Crippen LogP contribution in [0.5, 0.6) is 0 Å². The van der Waals surface area contributed by atoms with Crippen molar-refractivity contribution in [3.8, 4) is 0 Å². The molecule has 1 unspecified atom stereocenters. The van der Waals surface area contributed by atoms with Gasteiger partial charge in [-0.3, -0.25) is 4.79 Å². The second-order valence-corrected chi connectivity index (χ2v) is 6.13. The van der Waals surface area contributed by atoms with Crippen LogP contribution in [-0.2, 0) is 11.2 Å². The van der Waals surface area contributed by atoms with Crippen LogP contribution in [0, 0.1) is 6.92 Å². The summed E-state index contributed by atoms with van der Waals surface area (Å²) in [6.07, 6.45) is 7.56. The van der Waals surface area contributed by atoms with Gasteiger partial charge in [-0.25, -0.2) is 15.0 Å². The number of imidazole rings is 1. The van der Waals surface area contributed by atoms with Crippen molar-refractivity contribution in [1.82, 2.24) is 24.3 Å². The first kappa shape index (κ1) is 14.8. The number of hydrogen-bond acceptors (Lipinski definition) is 4. The van der Waals surface area contributed by atoms with Gasteiger partial charge in [0.05, 0.1) is 29.5 Å². The summed E-state index contributed by atoms with van der Waals surface area (Å²) in [5.41, 5.74) is 3.67. The fourth-order valence-corrected chi connectivity index (χ4v) is 3.49. The fourth-order valence-electron chi connectivity index (χ4n) is 3.49. The molecule has 1 saturated heterocycles. The van der Waals surface area contributed by atoms with Crippen molar-refractivity contribution < 1.29 is 4.79 Å². The molecule has 0 spiro atoms. The molecule has 6 nitrogen and oxygen atoms in total. The van der Waals surface area contributed by atoms with E-state index in [0.717, 1.165) is 42.1 Å². The van der Waals surface area contributed by atoms with Crippen molar-refractivity contribution in [1.29, 1.82) is 0 Å². The third-order valence-corrected chi connectivity index (χ3v) is 4.67. The summed E-state index contributed by atoms with van der Waals surface area (Å²) in [6, 6.07) is 7.83. The Morgan fingerprint density at radius 3 is 3.08 bits per heavy atom. The van der Waals surface area contributed by atoms with Crippen LogP contribution >= 0.6 is 0 Å². The minimum atomic E-state index is 0.0555. The Kier molecular flexibility index (Phi) is 3.72. The van der Waals surface area contributed by atoms with Crippen molar-refractivity contribution in [2.75, 3.05) is 6.54 Å². The second kappa shape index (κ2) is 6.03. The van der Waals surface area contributed by atoms with Crippen molar-refractivity contribution >= 4 is 11.6 Å². The minimum Gasteiger partial charge on any atom is -0.334 e. The van der Waals surface area contributed by atoms with Gasteiger partial charge in [0, 0.05) is 18.9 Å². The van der Waals surface area contributed by atoms with Gasteiger partial charge in [-0.05, 0) is 38.0 Å². The van der Waals surface area contributed by atoms with Crippen molar-refractivity contribution in [2.24, 2.45) is 0 Å². The number of aromatic nitrogens is 4. The first-order valence-electron chi connectivity index (χ1n) is 8.22. The fraction of sp³-hybridized carbons (Fsp3) is 0.333. The van der Waals surface area contributed by atoms with E-state index in [1.807, 2.05) is 46.7 Å². The van der Waals surface area contributed by atoms with Crippen LogP contribution in [0.15, 0.2) is 43.0 Å². The lowest BCUT2D eigenvalue weighted by Gasteiger charge is -2.24. The number of rotatable bonds is 3. The minimum absolute atomic E-state index is 0.0555. The van der Waals surface area contributed by atoms with Crippen LogP contribution in [0.1, 0.15) is 36.0 Å². The topological polar surface area (TPSA) is 63.4 Å². The Balaban J connectivity index is 1.60. The first-order chi connectivity index (χ1) is 11.7. The molecule has 0 bridgehead atoms. The largest absolute Gasteiger partial charge is 0.334 e. The maximum Gasteiger partial charge on any atom is 0.229 e. The molecular formula is C18H19N5O. The maximum absolute atomic E-state index is 12.9. The van der Waals surface area contributed by atoms with E-state index in [4.69, 9.17) is 0 Å². The third kappa shape index (κ3) is 2.54. The van der Waals surface area contributed by atoms with Gasteiger partial charge in [-0.1, -0.05) is 6.07 Å². The van der Waals surface area contributed by atoms with E-state index in [1.165, 1.54) is 0 Å². The normalized spacial score (nSPS) is 17.5. The average Bonchev–Trinajstić information content (AvgIpc) is 3.21. The highest BCUT2D eigenvalue weighted by Gasteiger charge is 2.31. The van der Waals surface area contributed by atoms with Gasteiger partial charge in [-0.15, -0.1) is 0 Å². The Hall–Kier alpha value is -2.76. The van der Waals surface area contributed by atoms with Gasteiger partial charge in [0.25, 0.3) is 0 Å². The van der Waals surface area contributed by atoms with E-state index in [1.54, 1.807) is 12.5 Å². The van der Waals surface area contributed by atoms with Crippen molar-refractivity contribution in [2.45, 2.75) is 32.2 Å². The van der Waals surface area contributed by atoms with E-state index in [9.17, 15) is 4.79 Å². The molecule has 1 fully saturated rings. The monoisotopic (exact) mass is 321 g/mol. The quantitative estimate of drug-likeness (QED) is 0.743. The molecule has 4 rings (SSSR count). The zero-order chi connectivity index (χ0) is 16.5. The second-order valence-electron chi connectivity index (χ2n) is 6.13. The molecule has 1 amide bonds. The number of carbonyl (C=O) groups is 1. The van der Waals surface area contributed by atoms with Crippen molar-refractivity contribution in [3.05, 3.63) is 60.1 Å². The first-order valence-corrected chi connectivity index (χ1v) is 8.22. The summed E-state index contributed by atoms with van der Waals surface area (Å²) in [5.74, 6) is 0.130. The molecule has 0 aliphatic carbocycles. The van der Waals surface area contributed by atoms with Crippen LogP contribution in [0.2, 0.25) is 0 Å². The number of likely N-dealkylation sites (tertiary alicyclic amines) is 1. The van der Waals surface area contributed by atoms with Gasteiger partial charge in [0.1, 0.15) is 12.0 Å². The van der Waals surface area contributed by atoms with Gasteiger partial charge < -0.3 is 9.30 Å². The van der Waals surface area contributed by atoms with Gasteiger partial charge in [0.15, 0.2) is 0 Å². The number of amides is 1. The maximum atomic E-state index is 12.9. The molecule has 0 radical (unpaired) electrons. The van der Waals surface area contributed by atoms with Crippen LogP contribution in [0.4, 0.5) is 0 Å². The highest BCUT2D eigenvalue weighted by Crippen LogP contribution is 2.31. The van der Waals surface area contributed by atoms with Crippen LogP contribution < -0.4 is 0 Å². The zero-order valence-corrected chi connectivity index (χ0v) is 13.6. The average molecular weight is 321 g/mol. The SMILES string of the molecule is Cc1nc2ccccn2c1CC(=O)N1CCCC1c1ccncn1. The van der Waals surface area contributed by atoms with E-state index < -0.39 is 0 Å². The molecule has 24 heavy (non-hydrogen) atoms. The smallest absolute Gasteiger partial charge is 0.229 e. The molecule has 1 aliphatic rings. The Bertz CT molecular complexity index is 874. The highest BCUT2D eigenvalue weighted by molar-refractivity contribution is 5.79. The zero-order valence-electron chi connectivity index (χ0n) is 13.6. The van der Waals surface area contributed by atoms with Crippen LogP contribution in [0.25, 0.3) is 5.65 Å². The molecule has 0 saturated carbocycles. The van der Waals surface area contributed by atoms with E-state index in [-0.39, 0.29) is 11.9 Å². The summed E-state index contributed by atoms with van der Waals surface area (Å²) in [5, 5.41) is 0. The Labute approximate surface area is 140 Å². The summed E-state index contributed by atoms with van der Waals surface area (Å²) in [6.45, 7) is 2.74. The molecule has 3 aromatic rings. The molecule has 3 aromatic heterocycles. The molecule has 0 N–H and O–H groups in total. The number of fused-ring (bicyclic) bond motifs is 1. The molecule has 1 aliphatic heterocycles. The van der Waals surface area contributed by atoms with E-state index in [0.29, 0.717) is 6.42 Å². The van der Waals surface area contributed by atoms with Crippen molar-refractivity contribution in [3.63, 3.8) is 0 Å². The molecule has 4 heterocycles. The standard InChI is InChI=1S/C18H19N5O/c1-13-16(22-9-3-2-6-17(22)21-13)11-18(24)23-10-4-5-15(23)14-7-8-19-12-20-14/h2-3,6-9,12,15H,4-5,10-11H2,1H3. The highest BCUT2D eigenvalue weighted by atomic mass is 16.2. The lowest BCUT2D eigenvalue weighted by molar-refractivity contribution is -0.131. The summed E-state index contributed by atoms with van der Waals surface area (Å²) >= 11 is 0. The van der Waals surface area contributed by atoms with Crippen LogP contribution in [0.3, 0.4) is 0 Å². The lowest BCUT2D eigenvalue weighted by atomic mass is 10.1.